The van der Waals surface area contributed by atoms with Gasteiger partial charge in [-0.05, 0) is 116 Å². The van der Waals surface area contributed by atoms with Gasteiger partial charge in [-0.15, -0.1) is 0 Å². The molecule has 0 unspecified atom stereocenters. The Hall–Kier alpha value is -3.93. The number of hydrogen-bond donors (Lipinski definition) is 0. The first kappa shape index (κ1) is 67.1. The molecule has 0 saturated heterocycles. The molecule has 1 atom stereocenters. The quantitative estimate of drug-likeness (QED) is 0.0261. The highest BCUT2D eigenvalue weighted by Crippen LogP contribution is 2.15. The van der Waals surface area contributed by atoms with Gasteiger partial charge in [0.05, 0.1) is 0 Å². The van der Waals surface area contributed by atoms with Crippen LogP contribution in [0.1, 0.15) is 265 Å². The number of ether oxygens (including phenoxy) is 3. The van der Waals surface area contributed by atoms with Gasteiger partial charge in [0.2, 0.25) is 0 Å². The van der Waals surface area contributed by atoms with E-state index in [9.17, 15) is 14.4 Å². The molecule has 0 aromatic carbocycles. The number of allylic oxidation sites excluding steroid dienone is 18. The number of carbonyl (C=O) groups is 3. The van der Waals surface area contributed by atoms with Gasteiger partial charge in [0.1, 0.15) is 13.2 Å². The topological polar surface area (TPSA) is 78.9 Å². The summed E-state index contributed by atoms with van der Waals surface area (Å²) < 4.78 is 16.8. The minimum Gasteiger partial charge on any atom is -0.462 e. The molecule has 0 spiro atoms. The molecule has 6 nitrogen and oxygen atoms in total. The molecular formula is C65H108O6. The van der Waals surface area contributed by atoms with Gasteiger partial charge < -0.3 is 14.2 Å². The van der Waals surface area contributed by atoms with Crippen LogP contribution in [0.3, 0.4) is 0 Å². The maximum Gasteiger partial charge on any atom is 0.306 e. The van der Waals surface area contributed by atoms with Crippen molar-refractivity contribution in [2.75, 3.05) is 13.2 Å². The van der Waals surface area contributed by atoms with Crippen molar-refractivity contribution >= 4 is 17.9 Å². The van der Waals surface area contributed by atoms with E-state index < -0.39 is 6.10 Å². The first-order valence-electron chi connectivity index (χ1n) is 29.4. The molecule has 71 heavy (non-hydrogen) atoms. The Morgan fingerprint density at radius 2 is 0.563 bits per heavy atom. The van der Waals surface area contributed by atoms with E-state index in [0.29, 0.717) is 19.3 Å². The van der Waals surface area contributed by atoms with E-state index in [1.54, 1.807) is 0 Å². The highest BCUT2D eigenvalue weighted by atomic mass is 16.6. The summed E-state index contributed by atoms with van der Waals surface area (Å²) in [6.45, 7) is 6.36. The molecule has 0 aliphatic heterocycles. The van der Waals surface area contributed by atoms with Gasteiger partial charge in [-0.25, -0.2) is 0 Å². The zero-order valence-corrected chi connectivity index (χ0v) is 46.2. The lowest BCUT2D eigenvalue weighted by Gasteiger charge is -2.18. The number of carbonyl (C=O) groups excluding carboxylic acids is 3. The molecule has 0 aliphatic carbocycles. The van der Waals surface area contributed by atoms with Crippen molar-refractivity contribution in [3.63, 3.8) is 0 Å². The third kappa shape index (κ3) is 56.9. The van der Waals surface area contributed by atoms with Crippen LogP contribution >= 0.6 is 0 Å². The molecule has 0 aromatic rings. The summed E-state index contributed by atoms with van der Waals surface area (Å²) in [5, 5.41) is 0. The van der Waals surface area contributed by atoms with Crippen molar-refractivity contribution < 1.29 is 28.6 Å². The number of hydrogen-bond acceptors (Lipinski definition) is 6. The standard InChI is InChI=1S/C65H108O6/c1-4-7-10-13-16-19-22-25-28-30-31-32-33-35-37-40-43-46-49-52-55-58-64(67)70-61-62(60-69-63(66)57-54-51-48-45-42-39-36-27-24-21-18-15-12-9-6-3)71-65(68)59-56-53-50-47-44-41-38-34-29-26-23-20-17-14-11-8-5-2/h8-9,11-12,17-18,20-21,25-29,36,38,41,47,50,62H,4-7,10,13-16,19,22-24,30-35,37,39-40,42-46,48-49,51-61H2,1-3H3/b11-8-,12-9-,20-17-,21-18-,28-25-,29-26-,36-27-,41-38-,50-47-/t62-/m1/s1. The summed E-state index contributed by atoms with van der Waals surface area (Å²) in [6, 6.07) is 0. The van der Waals surface area contributed by atoms with Crippen molar-refractivity contribution in [3.8, 4) is 0 Å². The van der Waals surface area contributed by atoms with Gasteiger partial charge in [0.15, 0.2) is 6.10 Å². The molecule has 0 bridgehead atoms. The molecule has 0 aromatic heterocycles. The summed E-state index contributed by atoms with van der Waals surface area (Å²) >= 11 is 0. The minimum absolute atomic E-state index is 0.108. The summed E-state index contributed by atoms with van der Waals surface area (Å²) in [5.74, 6) is -0.983. The zero-order chi connectivity index (χ0) is 51.4. The van der Waals surface area contributed by atoms with Crippen LogP contribution in [0.15, 0.2) is 109 Å². The van der Waals surface area contributed by atoms with E-state index in [0.717, 1.165) is 116 Å². The van der Waals surface area contributed by atoms with Gasteiger partial charge in [0, 0.05) is 19.3 Å². The number of rotatable bonds is 52. The summed E-state index contributed by atoms with van der Waals surface area (Å²) in [4.78, 5) is 38.2. The van der Waals surface area contributed by atoms with Crippen LogP contribution in [0.5, 0.6) is 0 Å². The van der Waals surface area contributed by atoms with Crippen LogP contribution < -0.4 is 0 Å². The Morgan fingerprint density at radius 1 is 0.296 bits per heavy atom. The van der Waals surface area contributed by atoms with Gasteiger partial charge in [-0.2, -0.15) is 0 Å². The molecule has 0 fully saturated rings. The van der Waals surface area contributed by atoms with Crippen molar-refractivity contribution in [3.05, 3.63) is 109 Å². The van der Waals surface area contributed by atoms with Crippen LogP contribution in [-0.2, 0) is 28.6 Å². The van der Waals surface area contributed by atoms with Gasteiger partial charge in [-0.1, -0.05) is 239 Å². The van der Waals surface area contributed by atoms with Crippen LogP contribution in [0.25, 0.3) is 0 Å². The third-order valence-corrected chi connectivity index (χ3v) is 12.2. The van der Waals surface area contributed by atoms with Crippen molar-refractivity contribution in [1.29, 1.82) is 0 Å². The van der Waals surface area contributed by atoms with Crippen molar-refractivity contribution in [2.45, 2.75) is 271 Å². The van der Waals surface area contributed by atoms with Crippen molar-refractivity contribution in [1.82, 2.24) is 0 Å². The maximum absolute atomic E-state index is 12.8. The first-order chi connectivity index (χ1) is 35.0. The Labute approximate surface area is 438 Å². The van der Waals surface area contributed by atoms with E-state index in [2.05, 4.69) is 130 Å². The Morgan fingerprint density at radius 3 is 0.915 bits per heavy atom. The van der Waals surface area contributed by atoms with Gasteiger partial charge in [-0.3, -0.25) is 14.4 Å². The predicted molar refractivity (Wildman–Crippen MR) is 307 cm³/mol. The predicted octanol–water partition coefficient (Wildman–Crippen LogP) is 19.9. The number of unbranched alkanes of at least 4 members (excludes halogenated alkanes) is 23. The zero-order valence-electron chi connectivity index (χ0n) is 46.2. The second-order valence-corrected chi connectivity index (χ2v) is 19.1. The Bertz CT molecular complexity index is 1460. The highest BCUT2D eigenvalue weighted by Gasteiger charge is 2.19. The number of esters is 3. The molecule has 6 heteroatoms. The van der Waals surface area contributed by atoms with E-state index in [-0.39, 0.29) is 37.5 Å². The van der Waals surface area contributed by atoms with E-state index in [1.165, 1.54) is 103 Å². The minimum atomic E-state index is -0.818. The van der Waals surface area contributed by atoms with Crippen LogP contribution in [0, 0.1) is 0 Å². The fourth-order valence-corrected chi connectivity index (χ4v) is 7.90. The second kappa shape index (κ2) is 58.6. The van der Waals surface area contributed by atoms with E-state index >= 15 is 0 Å². The molecule has 0 saturated carbocycles. The van der Waals surface area contributed by atoms with E-state index in [4.69, 9.17) is 14.2 Å². The van der Waals surface area contributed by atoms with Crippen LogP contribution in [-0.4, -0.2) is 37.2 Å². The molecule has 0 N–H and O–H groups in total. The molecule has 0 heterocycles. The lowest BCUT2D eigenvalue weighted by Crippen LogP contribution is -2.30. The fourth-order valence-electron chi connectivity index (χ4n) is 7.90. The molecular weight excluding hydrogens is 877 g/mol. The first-order valence-corrected chi connectivity index (χ1v) is 29.4. The Balaban J connectivity index is 4.46. The Kier molecular flexibility index (Phi) is 55.4. The lowest BCUT2D eigenvalue weighted by molar-refractivity contribution is -0.167. The highest BCUT2D eigenvalue weighted by molar-refractivity contribution is 5.71. The second-order valence-electron chi connectivity index (χ2n) is 19.1. The lowest BCUT2D eigenvalue weighted by atomic mass is 10.0. The average Bonchev–Trinajstić information content (AvgIpc) is 3.37. The van der Waals surface area contributed by atoms with Crippen LogP contribution in [0.2, 0.25) is 0 Å². The van der Waals surface area contributed by atoms with Crippen LogP contribution in [0.4, 0.5) is 0 Å². The van der Waals surface area contributed by atoms with Crippen molar-refractivity contribution in [2.24, 2.45) is 0 Å². The van der Waals surface area contributed by atoms with Gasteiger partial charge in [0.25, 0.3) is 0 Å². The summed E-state index contributed by atoms with van der Waals surface area (Å²) in [5.41, 5.74) is 0. The molecule has 0 radical (unpaired) electrons. The maximum atomic E-state index is 12.8. The monoisotopic (exact) mass is 985 g/mol. The SMILES string of the molecule is CC/C=C\C/C=C\C/C=C\C/C=C\C/C=C\CCCC(=O)O[C@H](COC(=O)CCCCCCC/C=C\C/C=C\C/C=C\CC)COC(=O)CCCCCCCCCCCCC/C=C\CCCCCCCC. The molecule has 0 aliphatic rings. The fraction of sp³-hybridized carbons (Fsp3) is 0.677. The van der Waals surface area contributed by atoms with Gasteiger partial charge >= 0.3 is 17.9 Å². The molecule has 0 rings (SSSR count). The summed E-state index contributed by atoms with van der Waals surface area (Å²) in [6.07, 6.45) is 79.5. The molecule has 0 amide bonds. The largest absolute Gasteiger partial charge is 0.462 e. The summed E-state index contributed by atoms with van der Waals surface area (Å²) in [7, 11) is 0. The van der Waals surface area contributed by atoms with E-state index in [1.807, 2.05) is 0 Å². The molecule has 404 valence electrons. The third-order valence-electron chi connectivity index (χ3n) is 12.2. The normalized spacial score (nSPS) is 12.9. The smallest absolute Gasteiger partial charge is 0.306 e. The average molecular weight is 986 g/mol.